The number of fused-ring (bicyclic) bond motifs is 1. The smallest absolute Gasteiger partial charge is 0.247 e. The van der Waals surface area contributed by atoms with Gasteiger partial charge in [0.15, 0.2) is 0 Å². The molecule has 0 saturated heterocycles. The van der Waals surface area contributed by atoms with Crippen LogP contribution in [0.25, 0.3) is 11.0 Å². The summed E-state index contributed by atoms with van der Waals surface area (Å²) >= 11 is 0. The summed E-state index contributed by atoms with van der Waals surface area (Å²) in [5, 5.41) is 15.4. The Hall–Kier alpha value is -2.54. The van der Waals surface area contributed by atoms with E-state index in [9.17, 15) is 0 Å². The molecule has 2 aromatic heterocycles. The van der Waals surface area contributed by atoms with Crippen LogP contribution in [0.15, 0.2) is 36.7 Å². The highest BCUT2D eigenvalue weighted by molar-refractivity contribution is 5.74. The SMILES string of the molecule is COCCn1cc(Nc2nnc3ccccc3n2)cn1. The summed E-state index contributed by atoms with van der Waals surface area (Å²) in [5.41, 5.74) is 2.39. The van der Waals surface area contributed by atoms with Gasteiger partial charge in [-0.05, 0) is 12.1 Å². The van der Waals surface area contributed by atoms with Crippen molar-refractivity contribution in [3.8, 4) is 0 Å². The predicted molar refractivity (Wildman–Crippen MR) is 74.7 cm³/mol. The van der Waals surface area contributed by atoms with Crippen molar-refractivity contribution < 1.29 is 4.74 Å². The van der Waals surface area contributed by atoms with Crippen LogP contribution in [0, 0.1) is 0 Å². The molecule has 2 heterocycles. The van der Waals surface area contributed by atoms with E-state index in [2.05, 4.69) is 25.6 Å². The van der Waals surface area contributed by atoms with Crippen LogP contribution in [0.2, 0.25) is 0 Å². The van der Waals surface area contributed by atoms with Crippen molar-refractivity contribution in [1.82, 2.24) is 25.0 Å². The zero-order valence-electron chi connectivity index (χ0n) is 11.0. The average molecular weight is 270 g/mol. The van der Waals surface area contributed by atoms with E-state index in [0.29, 0.717) is 19.1 Å². The van der Waals surface area contributed by atoms with Gasteiger partial charge in [0, 0.05) is 13.3 Å². The zero-order valence-corrected chi connectivity index (χ0v) is 11.0. The Morgan fingerprint density at radius 2 is 2.05 bits per heavy atom. The molecule has 0 amide bonds. The fraction of sp³-hybridized carbons (Fsp3) is 0.231. The molecular weight excluding hydrogens is 256 g/mol. The summed E-state index contributed by atoms with van der Waals surface area (Å²) in [5.74, 6) is 0.454. The van der Waals surface area contributed by atoms with E-state index in [1.54, 1.807) is 18.0 Å². The van der Waals surface area contributed by atoms with Crippen LogP contribution in [0.1, 0.15) is 0 Å². The molecule has 0 unspecified atom stereocenters. The van der Waals surface area contributed by atoms with E-state index in [0.717, 1.165) is 16.7 Å². The first-order valence-electron chi connectivity index (χ1n) is 6.23. The summed E-state index contributed by atoms with van der Waals surface area (Å²) in [6, 6.07) is 7.61. The molecule has 3 rings (SSSR count). The van der Waals surface area contributed by atoms with E-state index in [-0.39, 0.29) is 0 Å². The second-order valence-electron chi connectivity index (χ2n) is 4.23. The van der Waals surface area contributed by atoms with Gasteiger partial charge in [-0.3, -0.25) is 4.68 Å². The standard InChI is InChI=1S/C13H14N6O/c1-20-7-6-19-9-10(8-14-19)15-13-16-11-4-2-3-5-12(11)17-18-13/h2-5,8-9H,6-7H2,1H3,(H,15,16,18). The monoisotopic (exact) mass is 270 g/mol. The number of anilines is 2. The summed E-state index contributed by atoms with van der Waals surface area (Å²) < 4.78 is 6.80. The maximum atomic E-state index is 5.01. The quantitative estimate of drug-likeness (QED) is 0.759. The van der Waals surface area contributed by atoms with Crippen LogP contribution in [0.5, 0.6) is 0 Å². The normalized spacial score (nSPS) is 10.8. The molecule has 0 fully saturated rings. The van der Waals surface area contributed by atoms with E-state index >= 15 is 0 Å². The second kappa shape index (κ2) is 5.62. The highest BCUT2D eigenvalue weighted by Crippen LogP contribution is 2.13. The Bertz CT molecular complexity index is 711. The van der Waals surface area contributed by atoms with Gasteiger partial charge in [-0.25, -0.2) is 4.98 Å². The number of benzene rings is 1. The van der Waals surface area contributed by atoms with Gasteiger partial charge in [-0.15, -0.1) is 10.2 Å². The lowest BCUT2D eigenvalue weighted by Crippen LogP contribution is -2.04. The summed E-state index contributed by atoms with van der Waals surface area (Å²) in [6.07, 6.45) is 3.59. The molecular formula is C13H14N6O. The molecule has 102 valence electrons. The van der Waals surface area contributed by atoms with Gasteiger partial charge >= 0.3 is 0 Å². The maximum Gasteiger partial charge on any atom is 0.247 e. The minimum atomic E-state index is 0.454. The van der Waals surface area contributed by atoms with E-state index in [4.69, 9.17) is 4.74 Å². The molecule has 3 aromatic rings. The van der Waals surface area contributed by atoms with Gasteiger partial charge in [-0.1, -0.05) is 12.1 Å². The number of hydrogen-bond acceptors (Lipinski definition) is 6. The van der Waals surface area contributed by atoms with Gasteiger partial charge in [0.1, 0.15) is 5.52 Å². The Kier molecular flexibility index (Phi) is 3.51. The van der Waals surface area contributed by atoms with Gasteiger partial charge in [0.05, 0.1) is 30.6 Å². The maximum absolute atomic E-state index is 5.01. The van der Waals surface area contributed by atoms with E-state index in [1.807, 2.05) is 30.5 Å². The molecule has 7 nitrogen and oxygen atoms in total. The Morgan fingerprint density at radius 1 is 1.20 bits per heavy atom. The molecule has 0 atom stereocenters. The highest BCUT2D eigenvalue weighted by atomic mass is 16.5. The zero-order chi connectivity index (χ0) is 13.8. The van der Waals surface area contributed by atoms with E-state index in [1.165, 1.54) is 0 Å². The molecule has 1 N–H and O–H groups in total. The second-order valence-corrected chi connectivity index (χ2v) is 4.23. The molecule has 0 spiro atoms. The molecule has 0 radical (unpaired) electrons. The minimum Gasteiger partial charge on any atom is -0.383 e. The van der Waals surface area contributed by atoms with Gasteiger partial charge in [0.25, 0.3) is 0 Å². The molecule has 0 bridgehead atoms. The van der Waals surface area contributed by atoms with Crippen LogP contribution in [0.4, 0.5) is 11.6 Å². The lowest BCUT2D eigenvalue weighted by atomic mass is 10.3. The number of aromatic nitrogens is 5. The summed E-state index contributed by atoms with van der Waals surface area (Å²) in [7, 11) is 1.66. The fourth-order valence-electron chi connectivity index (χ4n) is 1.80. The van der Waals surface area contributed by atoms with Gasteiger partial charge < -0.3 is 10.1 Å². The van der Waals surface area contributed by atoms with Crippen molar-refractivity contribution in [2.75, 3.05) is 19.0 Å². The van der Waals surface area contributed by atoms with Crippen molar-refractivity contribution in [1.29, 1.82) is 0 Å². The van der Waals surface area contributed by atoms with E-state index < -0.39 is 0 Å². The van der Waals surface area contributed by atoms with Crippen LogP contribution in [0.3, 0.4) is 0 Å². The third kappa shape index (κ3) is 2.72. The predicted octanol–water partition coefficient (Wildman–Crippen LogP) is 1.61. The van der Waals surface area contributed by atoms with Crippen molar-refractivity contribution in [2.24, 2.45) is 0 Å². The van der Waals surface area contributed by atoms with Gasteiger partial charge in [-0.2, -0.15) is 5.10 Å². The number of hydrogen-bond donors (Lipinski definition) is 1. The van der Waals surface area contributed by atoms with Crippen LogP contribution in [-0.2, 0) is 11.3 Å². The first-order valence-corrected chi connectivity index (χ1v) is 6.23. The highest BCUT2D eigenvalue weighted by Gasteiger charge is 2.03. The van der Waals surface area contributed by atoms with Crippen LogP contribution < -0.4 is 5.32 Å². The molecule has 7 heteroatoms. The molecule has 0 aliphatic rings. The first-order chi connectivity index (χ1) is 9.85. The number of methoxy groups -OCH3 is 1. The Balaban J connectivity index is 1.76. The number of ether oxygens (including phenoxy) is 1. The lowest BCUT2D eigenvalue weighted by molar-refractivity contribution is 0.183. The van der Waals surface area contributed by atoms with Crippen molar-refractivity contribution in [3.63, 3.8) is 0 Å². The number of rotatable bonds is 5. The summed E-state index contributed by atoms with van der Waals surface area (Å²) in [6.45, 7) is 1.32. The van der Waals surface area contributed by atoms with Crippen molar-refractivity contribution in [2.45, 2.75) is 6.54 Å². The van der Waals surface area contributed by atoms with Crippen LogP contribution in [-0.4, -0.2) is 38.7 Å². The van der Waals surface area contributed by atoms with Gasteiger partial charge in [0.2, 0.25) is 5.95 Å². The number of nitrogens with zero attached hydrogens (tertiary/aromatic N) is 5. The molecule has 0 saturated carbocycles. The third-order valence-electron chi connectivity index (χ3n) is 2.77. The largest absolute Gasteiger partial charge is 0.383 e. The molecule has 0 aliphatic heterocycles. The first kappa shape index (κ1) is 12.5. The van der Waals surface area contributed by atoms with Crippen molar-refractivity contribution >= 4 is 22.7 Å². The Labute approximate surface area is 115 Å². The van der Waals surface area contributed by atoms with Crippen LogP contribution >= 0.6 is 0 Å². The van der Waals surface area contributed by atoms with Crippen molar-refractivity contribution in [3.05, 3.63) is 36.7 Å². The lowest BCUT2D eigenvalue weighted by Gasteiger charge is -2.02. The molecule has 0 aliphatic carbocycles. The fourth-order valence-corrected chi connectivity index (χ4v) is 1.80. The average Bonchev–Trinajstić information content (AvgIpc) is 2.92. The summed E-state index contributed by atoms with van der Waals surface area (Å²) in [4.78, 5) is 4.40. The topological polar surface area (TPSA) is 77.8 Å². The number of para-hydroxylation sites is 1. The molecule has 20 heavy (non-hydrogen) atoms. The third-order valence-corrected chi connectivity index (χ3v) is 2.77. The Morgan fingerprint density at radius 3 is 2.90 bits per heavy atom. The minimum absolute atomic E-state index is 0.454. The number of nitrogens with one attached hydrogen (secondary N) is 1. The molecule has 1 aromatic carbocycles.